The lowest BCUT2D eigenvalue weighted by Crippen LogP contribution is -2.44. The largest absolute Gasteiger partial charge is 0.364 e. The Bertz CT molecular complexity index is 1020. The van der Waals surface area contributed by atoms with Crippen LogP contribution in [-0.2, 0) is 20.9 Å². The van der Waals surface area contributed by atoms with Crippen LogP contribution in [0.25, 0.3) is 0 Å². The van der Waals surface area contributed by atoms with Crippen molar-refractivity contribution < 1.29 is 18.8 Å². The molecule has 1 spiro atoms. The smallest absolute Gasteiger partial charge is 0.234 e. The molecule has 29 heavy (non-hydrogen) atoms. The number of amides is 2. The molecule has 0 N–H and O–H groups in total. The Kier molecular flexibility index (Phi) is 3.93. The van der Waals surface area contributed by atoms with E-state index in [9.17, 15) is 9.59 Å². The van der Waals surface area contributed by atoms with Gasteiger partial charge >= 0.3 is 0 Å². The van der Waals surface area contributed by atoms with E-state index in [2.05, 4.69) is 5.16 Å². The summed E-state index contributed by atoms with van der Waals surface area (Å²) in [5, 5.41) is 3.87. The molecular formula is C22H23N3O4. The molecule has 2 amide bonds. The van der Waals surface area contributed by atoms with E-state index in [0.29, 0.717) is 18.8 Å². The van der Waals surface area contributed by atoms with Crippen LogP contribution in [0.15, 0.2) is 47.2 Å². The summed E-state index contributed by atoms with van der Waals surface area (Å²) in [5.74, 6) is -1.19. The average molecular weight is 393 g/mol. The highest BCUT2D eigenvalue weighted by molar-refractivity contribution is 6.03. The third-order valence-corrected chi connectivity index (χ3v) is 6.45. The molecule has 0 aliphatic carbocycles. The fourth-order valence-corrected chi connectivity index (χ4v) is 4.79. The first-order valence-corrected chi connectivity index (χ1v) is 9.80. The van der Waals surface area contributed by atoms with Gasteiger partial charge in [-0.1, -0.05) is 23.4 Å². The lowest BCUT2D eigenvalue weighted by Gasteiger charge is -2.27. The molecule has 0 radical (unpaired) electrons. The number of anilines is 1. The van der Waals surface area contributed by atoms with E-state index in [1.807, 2.05) is 44.2 Å². The quantitative estimate of drug-likeness (QED) is 0.745. The summed E-state index contributed by atoms with van der Waals surface area (Å²) < 4.78 is 11.1. The molecule has 4 heterocycles. The molecule has 1 aromatic heterocycles. The van der Waals surface area contributed by atoms with Crippen molar-refractivity contribution in [3.63, 3.8) is 0 Å². The molecule has 2 fully saturated rings. The van der Waals surface area contributed by atoms with Crippen LogP contribution in [-0.4, -0.2) is 47.2 Å². The standard InChI is InChI=1S/C22H23N3O4/c1-13-4-5-16(10-14(13)2)25-12-22-8-6-17(29-22)18(19(22)21(25)27)20(26)24(3)11-15-7-9-28-23-15/h4-10,17-19H,11-12H2,1-3H3/t17-,18-,19+,22-/m0/s1. The maximum Gasteiger partial charge on any atom is 0.234 e. The molecule has 2 aromatic rings. The summed E-state index contributed by atoms with van der Waals surface area (Å²) >= 11 is 0. The van der Waals surface area contributed by atoms with E-state index in [1.165, 1.54) is 11.8 Å². The predicted octanol–water partition coefficient (Wildman–Crippen LogP) is 2.24. The predicted molar refractivity (Wildman–Crippen MR) is 105 cm³/mol. The van der Waals surface area contributed by atoms with Gasteiger partial charge in [-0.25, -0.2) is 0 Å². The Balaban J connectivity index is 1.43. The van der Waals surface area contributed by atoms with Crippen molar-refractivity contribution in [2.45, 2.75) is 32.1 Å². The normalized spacial score (nSPS) is 29.6. The minimum absolute atomic E-state index is 0.0479. The highest BCUT2D eigenvalue weighted by Crippen LogP contribution is 2.53. The number of aryl methyl sites for hydroxylation is 2. The van der Waals surface area contributed by atoms with Crippen molar-refractivity contribution in [3.05, 3.63) is 59.5 Å². The van der Waals surface area contributed by atoms with Crippen LogP contribution in [0.4, 0.5) is 5.69 Å². The highest BCUT2D eigenvalue weighted by atomic mass is 16.5. The van der Waals surface area contributed by atoms with Gasteiger partial charge in [-0.2, -0.15) is 0 Å². The highest BCUT2D eigenvalue weighted by Gasteiger charge is 2.67. The molecule has 1 aromatic carbocycles. The molecule has 2 bridgehead atoms. The number of rotatable bonds is 4. The molecule has 3 aliphatic rings. The van der Waals surface area contributed by atoms with E-state index in [4.69, 9.17) is 9.26 Å². The molecule has 4 atom stereocenters. The molecule has 0 unspecified atom stereocenters. The fourth-order valence-electron chi connectivity index (χ4n) is 4.79. The van der Waals surface area contributed by atoms with Gasteiger partial charge < -0.3 is 19.1 Å². The zero-order valence-corrected chi connectivity index (χ0v) is 16.7. The zero-order valence-electron chi connectivity index (χ0n) is 16.7. The molecule has 3 aliphatic heterocycles. The summed E-state index contributed by atoms with van der Waals surface area (Å²) in [6.45, 7) is 4.84. The van der Waals surface area contributed by atoms with Crippen molar-refractivity contribution in [1.82, 2.24) is 10.1 Å². The van der Waals surface area contributed by atoms with Gasteiger partial charge in [0.1, 0.15) is 17.6 Å². The summed E-state index contributed by atoms with van der Waals surface area (Å²) in [7, 11) is 1.72. The first kappa shape index (κ1) is 18.1. The number of nitrogens with zero attached hydrogens (tertiary/aromatic N) is 3. The number of ether oxygens (including phenoxy) is 1. The third kappa shape index (κ3) is 2.64. The van der Waals surface area contributed by atoms with Gasteiger partial charge in [0.15, 0.2) is 0 Å². The lowest BCUT2D eigenvalue weighted by atomic mass is 9.76. The Hall–Kier alpha value is -2.93. The first-order chi connectivity index (χ1) is 13.9. The van der Waals surface area contributed by atoms with Crippen LogP contribution in [0, 0.1) is 25.7 Å². The van der Waals surface area contributed by atoms with Gasteiger partial charge in [0.05, 0.1) is 31.0 Å². The minimum Gasteiger partial charge on any atom is -0.364 e. The molecule has 7 heteroatoms. The van der Waals surface area contributed by atoms with Crippen LogP contribution in [0.1, 0.15) is 16.8 Å². The molecular weight excluding hydrogens is 370 g/mol. The van der Waals surface area contributed by atoms with E-state index in [-0.39, 0.29) is 17.9 Å². The monoisotopic (exact) mass is 393 g/mol. The molecule has 7 nitrogen and oxygen atoms in total. The van der Waals surface area contributed by atoms with Crippen LogP contribution in [0.3, 0.4) is 0 Å². The number of hydrogen-bond donors (Lipinski definition) is 0. The Morgan fingerprint density at radius 3 is 2.86 bits per heavy atom. The van der Waals surface area contributed by atoms with Crippen LogP contribution >= 0.6 is 0 Å². The van der Waals surface area contributed by atoms with E-state index < -0.39 is 17.4 Å². The van der Waals surface area contributed by atoms with E-state index in [0.717, 1.165) is 11.3 Å². The molecule has 2 saturated heterocycles. The van der Waals surface area contributed by atoms with Crippen molar-refractivity contribution in [2.75, 3.05) is 18.5 Å². The summed E-state index contributed by atoms with van der Waals surface area (Å²) in [6.07, 6.45) is 5.02. The van der Waals surface area contributed by atoms with Gasteiger partial charge in [-0.3, -0.25) is 9.59 Å². The number of carbonyl (C=O) groups is 2. The SMILES string of the molecule is Cc1ccc(N2C[C@]34C=C[C@H](O3)[C@H](C(=O)N(C)Cc3ccon3)[C@@H]4C2=O)cc1C. The van der Waals surface area contributed by atoms with Gasteiger partial charge in [-0.15, -0.1) is 0 Å². The average Bonchev–Trinajstić information content (AvgIpc) is 3.46. The topological polar surface area (TPSA) is 75.9 Å². The Labute approximate surface area is 168 Å². The van der Waals surface area contributed by atoms with Gasteiger partial charge in [0.2, 0.25) is 11.8 Å². The second-order valence-corrected chi connectivity index (χ2v) is 8.28. The number of hydrogen-bond acceptors (Lipinski definition) is 5. The van der Waals surface area contributed by atoms with Crippen molar-refractivity contribution in [3.8, 4) is 0 Å². The summed E-state index contributed by atoms with van der Waals surface area (Å²) in [4.78, 5) is 30.1. The fraction of sp³-hybridized carbons (Fsp3) is 0.409. The van der Waals surface area contributed by atoms with Crippen LogP contribution < -0.4 is 4.90 Å². The molecule has 5 rings (SSSR count). The van der Waals surface area contributed by atoms with Gasteiger partial charge in [0, 0.05) is 18.8 Å². The van der Waals surface area contributed by atoms with Crippen LogP contribution in [0.5, 0.6) is 0 Å². The number of benzene rings is 1. The first-order valence-electron chi connectivity index (χ1n) is 9.80. The zero-order chi connectivity index (χ0) is 20.3. The maximum absolute atomic E-state index is 13.4. The Morgan fingerprint density at radius 1 is 1.31 bits per heavy atom. The van der Waals surface area contributed by atoms with Gasteiger partial charge in [-0.05, 0) is 37.1 Å². The van der Waals surface area contributed by atoms with Gasteiger partial charge in [0.25, 0.3) is 0 Å². The second kappa shape index (κ2) is 6.29. The van der Waals surface area contributed by atoms with Crippen molar-refractivity contribution >= 4 is 17.5 Å². The third-order valence-electron chi connectivity index (χ3n) is 6.45. The second-order valence-electron chi connectivity index (χ2n) is 8.28. The molecule has 150 valence electrons. The van der Waals surface area contributed by atoms with Crippen molar-refractivity contribution in [2.24, 2.45) is 11.8 Å². The summed E-state index contributed by atoms with van der Waals surface area (Å²) in [5.41, 5.74) is 3.10. The number of fused-ring (bicyclic) bond motifs is 1. The van der Waals surface area contributed by atoms with E-state index >= 15 is 0 Å². The van der Waals surface area contributed by atoms with Crippen molar-refractivity contribution in [1.29, 1.82) is 0 Å². The van der Waals surface area contributed by atoms with Crippen LogP contribution in [0.2, 0.25) is 0 Å². The summed E-state index contributed by atoms with van der Waals surface area (Å²) in [6, 6.07) is 7.73. The minimum atomic E-state index is -0.727. The lowest BCUT2D eigenvalue weighted by molar-refractivity contribution is -0.139. The Morgan fingerprint density at radius 2 is 2.14 bits per heavy atom. The maximum atomic E-state index is 13.4. The number of aromatic nitrogens is 1. The molecule has 0 saturated carbocycles. The number of carbonyl (C=O) groups excluding carboxylic acids is 2. The van der Waals surface area contributed by atoms with E-state index in [1.54, 1.807) is 22.9 Å².